The molecule has 164 valence electrons. The molecule has 1 amide bonds. The number of guanidine groups is 1. The van der Waals surface area contributed by atoms with E-state index in [-0.39, 0.29) is 6.09 Å². The van der Waals surface area contributed by atoms with Crippen LogP contribution in [0, 0.1) is 5.92 Å². The minimum atomic E-state index is -0.467. The first-order valence-electron chi connectivity index (χ1n) is 10.5. The molecule has 0 aromatic carbocycles. The maximum Gasteiger partial charge on any atom is 0.407 e. The van der Waals surface area contributed by atoms with Crippen LogP contribution in [0.3, 0.4) is 0 Å². The van der Waals surface area contributed by atoms with Crippen LogP contribution in [0.15, 0.2) is 4.99 Å². The molecule has 1 unspecified atom stereocenters. The predicted molar refractivity (Wildman–Crippen MR) is 116 cm³/mol. The largest absolute Gasteiger partial charge is 0.444 e. The average molecular weight is 399 g/mol. The Morgan fingerprint density at radius 1 is 1.07 bits per heavy atom. The lowest BCUT2D eigenvalue weighted by atomic mass is 10.0. The van der Waals surface area contributed by atoms with Crippen LogP contribution in [-0.4, -0.2) is 93.4 Å². The van der Waals surface area contributed by atoms with Gasteiger partial charge in [-0.05, 0) is 40.2 Å². The minimum Gasteiger partial charge on any atom is -0.444 e. The van der Waals surface area contributed by atoms with Crippen molar-refractivity contribution in [3.63, 3.8) is 0 Å². The molecule has 0 bridgehead atoms. The molecule has 8 nitrogen and oxygen atoms in total. The number of rotatable bonds is 8. The highest BCUT2D eigenvalue weighted by molar-refractivity contribution is 5.79. The normalized spacial score (nSPS) is 18.1. The van der Waals surface area contributed by atoms with Crippen LogP contribution in [0.5, 0.6) is 0 Å². The van der Waals surface area contributed by atoms with Crippen LogP contribution in [0.2, 0.25) is 0 Å². The SMILES string of the molecule is CN=C(NCCCNC(=O)OC(C)(C)C)NCC(C(C)C)N1CCN(C)CC1. The summed E-state index contributed by atoms with van der Waals surface area (Å²) >= 11 is 0. The van der Waals surface area contributed by atoms with Crippen LogP contribution in [0.25, 0.3) is 0 Å². The van der Waals surface area contributed by atoms with E-state index in [1.807, 2.05) is 20.8 Å². The summed E-state index contributed by atoms with van der Waals surface area (Å²) < 4.78 is 5.22. The Kier molecular flexibility index (Phi) is 10.6. The maximum absolute atomic E-state index is 11.6. The fraction of sp³-hybridized carbons (Fsp3) is 0.900. The molecule has 1 fully saturated rings. The Morgan fingerprint density at radius 3 is 2.21 bits per heavy atom. The van der Waals surface area contributed by atoms with E-state index < -0.39 is 5.60 Å². The second kappa shape index (κ2) is 12.1. The molecular formula is C20H42N6O2. The highest BCUT2D eigenvalue weighted by Crippen LogP contribution is 2.12. The Bertz CT molecular complexity index is 482. The van der Waals surface area contributed by atoms with Gasteiger partial charge in [-0.1, -0.05) is 13.8 Å². The molecule has 1 atom stereocenters. The molecule has 28 heavy (non-hydrogen) atoms. The Labute approximate surface area is 171 Å². The molecule has 1 aliphatic rings. The average Bonchev–Trinajstić information content (AvgIpc) is 2.59. The number of nitrogens with one attached hydrogen (secondary N) is 3. The second-order valence-electron chi connectivity index (χ2n) is 8.81. The summed E-state index contributed by atoms with van der Waals surface area (Å²) in [5.41, 5.74) is -0.467. The van der Waals surface area contributed by atoms with Crippen molar-refractivity contribution in [3.05, 3.63) is 0 Å². The highest BCUT2D eigenvalue weighted by atomic mass is 16.6. The summed E-state index contributed by atoms with van der Waals surface area (Å²) in [7, 11) is 3.97. The van der Waals surface area contributed by atoms with Gasteiger partial charge in [-0.2, -0.15) is 0 Å². The molecule has 0 aromatic heterocycles. The summed E-state index contributed by atoms with van der Waals surface area (Å²) in [6.07, 6.45) is 0.424. The Morgan fingerprint density at radius 2 is 1.68 bits per heavy atom. The first kappa shape index (κ1) is 24.5. The predicted octanol–water partition coefficient (Wildman–Crippen LogP) is 1.34. The van der Waals surface area contributed by atoms with Crippen LogP contribution >= 0.6 is 0 Å². The van der Waals surface area contributed by atoms with Gasteiger partial charge in [0.1, 0.15) is 5.60 Å². The highest BCUT2D eigenvalue weighted by Gasteiger charge is 2.25. The lowest BCUT2D eigenvalue weighted by molar-refractivity contribution is 0.0527. The second-order valence-corrected chi connectivity index (χ2v) is 8.81. The van der Waals surface area contributed by atoms with E-state index in [9.17, 15) is 4.79 Å². The van der Waals surface area contributed by atoms with Crippen LogP contribution < -0.4 is 16.0 Å². The first-order valence-corrected chi connectivity index (χ1v) is 10.5. The monoisotopic (exact) mass is 398 g/mol. The van der Waals surface area contributed by atoms with Gasteiger partial charge < -0.3 is 25.6 Å². The number of aliphatic imine (C=N–C) groups is 1. The summed E-state index contributed by atoms with van der Waals surface area (Å²) in [6.45, 7) is 16.8. The third kappa shape index (κ3) is 10.1. The Balaban J connectivity index is 2.29. The van der Waals surface area contributed by atoms with E-state index in [1.165, 1.54) is 0 Å². The van der Waals surface area contributed by atoms with Gasteiger partial charge in [0.25, 0.3) is 0 Å². The molecule has 1 heterocycles. The summed E-state index contributed by atoms with van der Waals surface area (Å²) in [4.78, 5) is 20.9. The molecule has 1 aliphatic heterocycles. The van der Waals surface area contributed by atoms with Crippen molar-refractivity contribution in [3.8, 4) is 0 Å². The number of amides is 1. The van der Waals surface area contributed by atoms with Crippen LogP contribution in [0.4, 0.5) is 4.79 Å². The number of hydrogen-bond donors (Lipinski definition) is 3. The minimum absolute atomic E-state index is 0.373. The van der Waals surface area contributed by atoms with Crippen molar-refractivity contribution >= 4 is 12.1 Å². The van der Waals surface area contributed by atoms with Gasteiger partial charge in [-0.15, -0.1) is 0 Å². The fourth-order valence-corrected chi connectivity index (χ4v) is 3.16. The van der Waals surface area contributed by atoms with Gasteiger partial charge in [-0.3, -0.25) is 9.89 Å². The van der Waals surface area contributed by atoms with Gasteiger partial charge in [0.2, 0.25) is 0 Å². The summed E-state index contributed by atoms with van der Waals surface area (Å²) in [5, 5.41) is 9.55. The zero-order valence-electron chi connectivity index (χ0n) is 19.0. The fourth-order valence-electron chi connectivity index (χ4n) is 3.16. The third-order valence-electron chi connectivity index (χ3n) is 4.79. The number of hydrogen-bond acceptors (Lipinski definition) is 5. The number of nitrogens with zero attached hydrogens (tertiary/aromatic N) is 3. The molecule has 0 saturated carbocycles. The number of piperazine rings is 1. The number of carbonyl (C=O) groups is 1. The van der Waals surface area contributed by atoms with Crippen LogP contribution in [0.1, 0.15) is 41.0 Å². The standard InChI is InChI=1S/C20H42N6O2/c1-16(2)17(26-13-11-25(7)12-14-26)15-24-18(21-6)22-9-8-10-23-19(27)28-20(3,4)5/h16-17H,8-15H2,1-7H3,(H,23,27)(H2,21,22,24). The zero-order valence-corrected chi connectivity index (χ0v) is 19.0. The van der Waals surface area contributed by atoms with Gasteiger partial charge in [0, 0.05) is 58.9 Å². The quantitative estimate of drug-likeness (QED) is 0.325. The summed E-state index contributed by atoms with van der Waals surface area (Å²) in [6, 6.07) is 0.487. The molecule has 3 N–H and O–H groups in total. The smallest absolute Gasteiger partial charge is 0.407 e. The number of carbonyl (C=O) groups excluding carboxylic acids is 1. The molecule has 1 rings (SSSR count). The number of alkyl carbamates (subject to hydrolysis) is 1. The molecule has 0 spiro atoms. The lowest BCUT2D eigenvalue weighted by Gasteiger charge is -2.40. The van der Waals surface area contributed by atoms with Gasteiger partial charge in [0.05, 0.1) is 0 Å². The van der Waals surface area contributed by atoms with Crippen LogP contribution in [-0.2, 0) is 4.74 Å². The van der Waals surface area contributed by atoms with Crippen molar-refractivity contribution in [1.82, 2.24) is 25.8 Å². The molecule has 1 saturated heterocycles. The topological polar surface area (TPSA) is 81.2 Å². The van der Waals surface area contributed by atoms with E-state index in [0.29, 0.717) is 18.5 Å². The van der Waals surface area contributed by atoms with Gasteiger partial charge >= 0.3 is 6.09 Å². The van der Waals surface area contributed by atoms with E-state index in [0.717, 1.165) is 51.6 Å². The third-order valence-corrected chi connectivity index (χ3v) is 4.79. The van der Waals surface area contributed by atoms with E-state index >= 15 is 0 Å². The van der Waals surface area contributed by atoms with Crippen molar-refractivity contribution in [2.75, 3.05) is 59.9 Å². The van der Waals surface area contributed by atoms with E-state index in [4.69, 9.17) is 4.74 Å². The van der Waals surface area contributed by atoms with Gasteiger partial charge in [-0.25, -0.2) is 4.79 Å². The Hall–Kier alpha value is -1.54. The molecular weight excluding hydrogens is 356 g/mol. The van der Waals surface area contributed by atoms with Crippen molar-refractivity contribution in [2.24, 2.45) is 10.9 Å². The number of likely N-dealkylation sites (N-methyl/N-ethyl adjacent to an activating group) is 1. The molecule has 0 aromatic rings. The van der Waals surface area contributed by atoms with Crippen molar-refractivity contribution < 1.29 is 9.53 Å². The molecule has 8 heteroatoms. The summed E-state index contributed by atoms with van der Waals surface area (Å²) in [5.74, 6) is 1.38. The van der Waals surface area contributed by atoms with Crippen molar-refractivity contribution in [2.45, 2.75) is 52.7 Å². The number of ether oxygens (including phenoxy) is 1. The van der Waals surface area contributed by atoms with E-state index in [1.54, 1.807) is 7.05 Å². The van der Waals surface area contributed by atoms with E-state index in [2.05, 4.69) is 51.6 Å². The lowest BCUT2D eigenvalue weighted by Crippen LogP contribution is -2.55. The first-order chi connectivity index (χ1) is 13.1. The van der Waals surface area contributed by atoms with Crippen molar-refractivity contribution in [1.29, 1.82) is 0 Å². The zero-order chi connectivity index (χ0) is 21.2. The van der Waals surface area contributed by atoms with Gasteiger partial charge in [0.15, 0.2) is 5.96 Å². The maximum atomic E-state index is 11.6. The molecule has 0 radical (unpaired) electrons. The molecule has 0 aliphatic carbocycles.